The number of rotatable bonds is 8. The van der Waals surface area contributed by atoms with Gasteiger partial charge in [-0.25, -0.2) is 8.42 Å². The first-order chi connectivity index (χ1) is 12.3. The maximum atomic E-state index is 13.1. The van der Waals surface area contributed by atoms with Crippen molar-refractivity contribution in [2.75, 3.05) is 17.4 Å². The average Bonchev–Trinajstić information content (AvgIpc) is 2.61. The molecule has 0 aromatic heterocycles. The van der Waals surface area contributed by atoms with Gasteiger partial charge in [0.15, 0.2) is 0 Å². The van der Waals surface area contributed by atoms with Gasteiger partial charge >= 0.3 is 0 Å². The molecule has 0 aliphatic rings. The number of hydrogen-bond donors (Lipinski definition) is 1. The Labute approximate surface area is 156 Å². The highest BCUT2D eigenvalue weighted by molar-refractivity contribution is 7.92. The van der Waals surface area contributed by atoms with Gasteiger partial charge in [-0.05, 0) is 43.5 Å². The molecule has 2 aromatic carbocycles. The Hall–Kier alpha value is -2.34. The highest BCUT2D eigenvalue weighted by Gasteiger charge is 2.26. The maximum absolute atomic E-state index is 13.1. The number of hydrogen-bond acceptors (Lipinski definition) is 3. The minimum atomic E-state index is -3.83. The summed E-state index contributed by atoms with van der Waals surface area (Å²) in [6.07, 6.45) is 0.849. The van der Waals surface area contributed by atoms with E-state index in [-0.39, 0.29) is 17.3 Å². The van der Waals surface area contributed by atoms with Crippen LogP contribution in [0.4, 0.5) is 5.69 Å². The molecule has 0 unspecified atom stereocenters. The molecule has 0 heterocycles. The fraction of sp³-hybridized carbons (Fsp3) is 0.350. The Morgan fingerprint density at radius 3 is 2.23 bits per heavy atom. The van der Waals surface area contributed by atoms with E-state index < -0.39 is 10.0 Å². The Morgan fingerprint density at radius 1 is 1.04 bits per heavy atom. The second-order valence-electron chi connectivity index (χ2n) is 6.69. The van der Waals surface area contributed by atoms with Crippen molar-refractivity contribution in [3.05, 3.63) is 60.2 Å². The molecule has 0 atom stereocenters. The molecule has 0 saturated heterocycles. The van der Waals surface area contributed by atoms with Crippen molar-refractivity contribution in [2.45, 2.75) is 32.1 Å². The van der Waals surface area contributed by atoms with E-state index in [9.17, 15) is 13.2 Å². The summed E-state index contributed by atoms with van der Waals surface area (Å²) in [4.78, 5) is 12.5. The number of anilines is 1. The summed E-state index contributed by atoms with van der Waals surface area (Å²) in [5.41, 5.74) is 1.49. The van der Waals surface area contributed by atoms with Gasteiger partial charge in [0.25, 0.3) is 10.0 Å². The summed E-state index contributed by atoms with van der Waals surface area (Å²) in [6, 6.07) is 15.3. The molecule has 1 amide bonds. The minimum Gasteiger partial charge on any atom is -0.355 e. The number of carbonyl (C=O) groups excluding carboxylic acids is 1. The number of benzene rings is 2. The predicted molar refractivity (Wildman–Crippen MR) is 105 cm³/mol. The van der Waals surface area contributed by atoms with Gasteiger partial charge in [0.1, 0.15) is 6.54 Å². The molecule has 1 N–H and O–H groups in total. The summed E-state index contributed by atoms with van der Waals surface area (Å²) in [7, 11) is -3.83. The normalized spacial score (nSPS) is 11.4. The van der Waals surface area contributed by atoms with Crippen molar-refractivity contribution in [3.8, 4) is 0 Å². The zero-order chi connectivity index (χ0) is 19.2. The summed E-state index contributed by atoms with van der Waals surface area (Å²) in [6.45, 7) is 6.36. The van der Waals surface area contributed by atoms with E-state index in [0.29, 0.717) is 18.2 Å². The van der Waals surface area contributed by atoms with Gasteiger partial charge < -0.3 is 5.32 Å². The molecule has 0 aliphatic heterocycles. The van der Waals surface area contributed by atoms with Gasteiger partial charge in [-0.2, -0.15) is 0 Å². The average molecular weight is 375 g/mol. The van der Waals surface area contributed by atoms with Gasteiger partial charge in [-0.15, -0.1) is 0 Å². The van der Waals surface area contributed by atoms with Crippen LogP contribution < -0.4 is 9.62 Å². The number of carbonyl (C=O) groups is 1. The van der Waals surface area contributed by atoms with Gasteiger partial charge in [-0.3, -0.25) is 9.10 Å². The zero-order valence-electron chi connectivity index (χ0n) is 15.5. The molecule has 0 fully saturated rings. The van der Waals surface area contributed by atoms with E-state index in [0.717, 1.165) is 16.3 Å². The van der Waals surface area contributed by atoms with Crippen LogP contribution in [-0.4, -0.2) is 27.4 Å². The zero-order valence-corrected chi connectivity index (χ0v) is 16.3. The smallest absolute Gasteiger partial charge is 0.264 e. The number of nitrogens with one attached hydrogen (secondary N) is 1. The Bertz CT molecular complexity index is 816. The largest absolute Gasteiger partial charge is 0.355 e. The predicted octanol–water partition coefficient (Wildman–Crippen LogP) is 3.35. The lowest BCUT2D eigenvalue weighted by atomic mass is 10.1. The SMILES string of the molecule is Cc1ccc(N(CC(=O)NCCC(C)C)S(=O)(=O)c2ccccc2)cc1. The molecule has 0 saturated carbocycles. The first-order valence-electron chi connectivity index (χ1n) is 8.72. The van der Waals surface area contributed by atoms with E-state index in [1.165, 1.54) is 12.1 Å². The van der Waals surface area contributed by atoms with E-state index in [2.05, 4.69) is 19.2 Å². The van der Waals surface area contributed by atoms with E-state index in [1.54, 1.807) is 30.3 Å². The van der Waals surface area contributed by atoms with Crippen LogP contribution in [0.3, 0.4) is 0 Å². The van der Waals surface area contributed by atoms with Crippen LogP contribution in [0, 0.1) is 12.8 Å². The number of amides is 1. The first-order valence-corrected chi connectivity index (χ1v) is 10.2. The van der Waals surface area contributed by atoms with Crippen LogP contribution in [0.5, 0.6) is 0 Å². The number of aryl methyl sites for hydroxylation is 1. The molecule has 0 radical (unpaired) electrons. The summed E-state index contributed by atoms with van der Waals surface area (Å²) < 4.78 is 27.3. The van der Waals surface area contributed by atoms with Crippen molar-refractivity contribution in [2.24, 2.45) is 5.92 Å². The summed E-state index contributed by atoms with van der Waals surface area (Å²) in [5, 5.41) is 2.80. The molecular formula is C20H26N2O3S. The lowest BCUT2D eigenvalue weighted by molar-refractivity contribution is -0.119. The van der Waals surface area contributed by atoms with Crippen LogP contribution in [0.1, 0.15) is 25.8 Å². The van der Waals surface area contributed by atoms with E-state index >= 15 is 0 Å². The second kappa shape index (κ2) is 8.85. The lowest BCUT2D eigenvalue weighted by Crippen LogP contribution is -2.41. The highest BCUT2D eigenvalue weighted by atomic mass is 32.2. The minimum absolute atomic E-state index is 0.163. The maximum Gasteiger partial charge on any atom is 0.264 e. The van der Waals surface area contributed by atoms with Crippen LogP contribution in [0.2, 0.25) is 0 Å². The van der Waals surface area contributed by atoms with Gasteiger partial charge in [0.2, 0.25) is 5.91 Å². The Kier molecular flexibility index (Phi) is 6.80. The van der Waals surface area contributed by atoms with Crippen molar-refractivity contribution >= 4 is 21.6 Å². The third-order valence-electron chi connectivity index (χ3n) is 3.98. The fourth-order valence-corrected chi connectivity index (χ4v) is 3.87. The van der Waals surface area contributed by atoms with Crippen molar-refractivity contribution in [3.63, 3.8) is 0 Å². The molecule has 26 heavy (non-hydrogen) atoms. The van der Waals surface area contributed by atoms with Crippen molar-refractivity contribution < 1.29 is 13.2 Å². The number of nitrogens with zero attached hydrogens (tertiary/aromatic N) is 1. The Morgan fingerprint density at radius 2 is 1.65 bits per heavy atom. The second-order valence-corrected chi connectivity index (χ2v) is 8.56. The van der Waals surface area contributed by atoms with Crippen molar-refractivity contribution in [1.82, 2.24) is 5.32 Å². The molecule has 0 spiro atoms. The first kappa shape index (κ1) is 20.0. The summed E-state index contributed by atoms with van der Waals surface area (Å²) >= 11 is 0. The van der Waals surface area contributed by atoms with Gasteiger partial charge in [-0.1, -0.05) is 49.7 Å². The van der Waals surface area contributed by atoms with E-state index in [4.69, 9.17) is 0 Å². The standard InChI is InChI=1S/C20H26N2O3S/c1-16(2)13-14-21-20(23)15-22(18-11-9-17(3)10-12-18)26(24,25)19-7-5-4-6-8-19/h4-12,16H,13-15H2,1-3H3,(H,21,23). The quantitative estimate of drug-likeness (QED) is 0.770. The van der Waals surface area contributed by atoms with E-state index in [1.807, 2.05) is 19.1 Å². The molecule has 0 bridgehead atoms. The molecule has 2 aromatic rings. The van der Waals surface area contributed by atoms with Crippen molar-refractivity contribution in [1.29, 1.82) is 0 Å². The molecule has 140 valence electrons. The topological polar surface area (TPSA) is 66.5 Å². The molecule has 6 heteroatoms. The molecule has 0 aliphatic carbocycles. The number of sulfonamides is 1. The van der Waals surface area contributed by atoms with Crippen LogP contribution in [0.25, 0.3) is 0 Å². The van der Waals surface area contributed by atoms with Crippen LogP contribution in [-0.2, 0) is 14.8 Å². The Balaban J connectivity index is 2.28. The molecule has 2 rings (SSSR count). The third kappa shape index (κ3) is 5.33. The third-order valence-corrected chi connectivity index (χ3v) is 5.77. The lowest BCUT2D eigenvalue weighted by Gasteiger charge is -2.24. The van der Waals surface area contributed by atoms with Crippen LogP contribution in [0.15, 0.2) is 59.5 Å². The fourth-order valence-electron chi connectivity index (χ4n) is 2.43. The van der Waals surface area contributed by atoms with Crippen LogP contribution >= 0.6 is 0 Å². The monoisotopic (exact) mass is 374 g/mol. The molecular weight excluding hydrogens is 348 g/mol. The van der Waals surface area contributed by atoms with Gasteiger partial charge in [0.05, 0.1) is 10.6 Å². The molecule has 5 nitrogen and oxygen atoms in total. The summed E-state index contributed by atoms with van der Waals surface area (Å²) in [5.74, 6) is 0.155. The van der Waals surface area contributed by atoms with Gasteiger partial charge in [0, 0.05) is 6.54 Å². The highest BCUT2D eigenvalue weighted by Crippen LogP contribution is 2.23.